The molecule has 0 amide bonds. The predicted molar refractivity (Wildman–Crippen MR) is 74.1 cm³/mol. The molecule has 1 aliphatic rings. The summed E-state index contributed by atoms with van der Waals surface area (Å²) >= 11 is 3.18. The van der Waals surface area contributed by atoms with E-state index in [-0.39, 0.29) is 11.9 Å². The van der Waals surface area contributed by atoms with Crippen molar-refractivity contribution in [3.63, 3.8) is 0 Å². The molecule has 1 aromatic rings. The van der Waals surface area contributed by atoms with E-state index >= 15 is 0 Å². The Labute approximate surface area is 116 Å². The van der Waals surface area contributed by atoms with Crippen molar-refractivity contribution < 1.29 is 9.13 Å². The molecule has 2 unspecified atom stereocenters. The third kappa shape index (κ3) is 3.31. The lowest BCUT2D eigenvalue weighted by molar-refractivity contribution is 0.0903. The molecule has 0 aliphatic carbocycles. The minimum absolute atomic E-state index is 0.0250. The molecule has 1 saturated heterocycles. The Kier molecular flexibility index (Phi) is 5.15. The van der Waals surface area contributed by atoms with Crippen LogP contribution in [0.2, 0.25) is 0 Å². The molecular weight excluding hydrogens is 297 g/mol. The van der Waals surface area contributed by atoms with E-state index in [9.17, 15) is 4.39 Å². The van der Waals surface area contributed by atoms with Crippen LogP contribution in [0.3, 0.4) is 0 Å². The molecule has 0 spiro atoms. The largest absolute Gasteiger partial charge is 0.373 e. The van der Waals surface area contributed by atoms with Crippen LogP contribution in [0.25, 0.3) is 0 Å². The fraction of sp³-hybridized carbons (Fsp3) is 0.571. The number of rotatable bonds is 5. The second-order valence-electron chi connectivity index (χ2n) is 4.72. The minimum Gasteiger partial charge on any atom is -0.373 e. The van der Waals surface area contributed by atoms with E-state index in [0.29, 0.717) is 10.4 Å². The highest BCUT2D eigenvalue weighted by molar-refractivity contribution is 9.10. The van der Waals surface area contributed by atoms with Gasteiger partial charge in [0, 0.05) is 19.1 Å². The quantitative estimate of drug-likeness (QED) is 0.837. The van der Waals surface area contributed by atoms with Crippen LogP contribution in [0, 0.1) is 11.7 Å². The summed E-state index contributed by atoms with van der Waals surface area (Å²) in [5, 5.41) is 3.42. The normalized spacial score (nSPS) is 23.5. The van der Waals surface area contributed by atoms with E-state index in [1.54, 1.807) is 12.1 Å². The highest BCUT2D eigenvalue weighted by Crippen LogP contribution is 2.35. The lowest BCUT2D eigenvalue weighted by Crippen LogP contribution is -2.25. The van der Waals surface area contributed by atoms with E-state index in [1.165, 1.54) is 0 Å². The SMILES string of the molecule is CCCNCC1CCOC1c1ccc(Br)c(F)c1. The molecule has 4 heteroatoms. The van der Waals surface area contributed by atoms with Crippen LogP contribution in [0.1, 0.15) is 31.4 Å². The van der Waals surface area contributed by atoms with Crippen molar-refractivity contribution in [1.29, 1.82) is 0 Å². The molecule has 0 saturated carbocycles. The Balaban J connectivity index is 2.03. The topological polar surface area (TPSA) is 21.3 Å². The smallest absolute Gasteiger partial charge is 0.137 e. The van der Waals surface area contributed by atoms with Crippen LogP contribution in [-0.2, 0) is 4.74 Å². The van der Waals surface area contributed by atoms with Gasteiger partial charge in [0.15, 0.2) is 0 Å². The molecule has 2 nitrogen and oxygen atoms in total. The zero-order chi connectivity index (χ0) is 13.0. The third-order valence-corrected chi connectivity index (χ3v) is 3.96. The average Bonchev–Trinajstić information content (AvgIpc) is 2.81. The summed E-state index contributed by atoms with van der Waals surface area (Å²) in [5.74, 6) is 0.223. The first kappa shape index (κ1) is 14.0. The monoisotopic (exact) mass is 315 g/mol. The van der Waals surface area contributed by atoms with Gasteiger partial charge in [-0.05, 0) is 53.0 Å². The maximum atomic E-state index is 13.5. The first-order chi connectivity index (χ1) is 8.72. The Morgan fingerprint density at radius 1 is 1.50 bits per heavy atom. The van der Waals surface area contributed by atoms with Crippen molar-refractivity contribution in [2.45, 2.75) is 25.9 Å². The first-order valence-corrected chi connectivity index (χ1v) is 7.29. The van der Waals surface area contributed by atoms with Crippen molar-refractivity contribution in [2.24, 2.45) is 5.92 Å². The lowest BCUT2D eigenvalue weighted by Gasteiger charge is -2.19. The Bertz CT molecular complexity index is 399. The number of ether oxygens (including phenoxy) is 1. The molecule has 2 rings (SSSR count). The molecule has 1 aliphatic heterocycles. The molecule has 0 radical (unpaired) electrons. The molecule has 1 fully saturated rings. The van der Waals surface area contributed by atoms with Crippen LogP contribution < -0.4 is 5.32 Å². The van der Waals surface area contributed by atoms with Gasteiger partial charge in [-0.25, -0.2) is 4.39 Å². The summed E-state index contributed by atoms with van der Waals surface area (Å²) in [7, 11) is 0. The molecule has 2 atom stereocenters. The molecule has 100 valence electrons. The zero-order valence-electron chi connectivity index (χ0n) is 10.6. The fourth-order valence-corrected chi connectivity index (χ4v) is 2.61. The van der Waals surface area contributed by atoms with Gasteiger partial charge in [-0.3, -0.25) is 0 Å². The van der Waals surface area contributed by atoms with Gasteiger partial charge in [-0.1, -0.05) is 13.0 Å². The van der Waals surface area contributed by atoms with Gasteiger partial charge in [-0.15, -0.1) is 0 Å². The van der Waals surface area contributed by atoms with Crippen molar-refractivity contribution in [1.82, 2.24) is 5.32 Å². The molecule has 1 aromatic carbocycles. The van der Waals surface area contributed by atoms with E-state index in [0.717, 1.165) is 38.1 Å². The van der Waals surface area contributed by atoms with Gasteiger partial charge in [-0.2, -0.15) is 0 Å². The van der Waals surface area contributed by atoms with Gasteiger partial charge in [0.1, 0.15) is 5.82 Å². The summed E-state index contributed by atoms with van der Waals surface area (Å²) in [4.78, 5) is 0. The number of hydrogen-bond acceptors (Lipinski definition) is 2. The van der Waals surface area contributed by atoms with Crippen molar-refractivity contribution in [3.8, 4) is 0 Å². The van der Waals surface area contributed by atoms with Crippen molar-refractivity contribution in [3.05, 3.63) is 34.1 Å². The number of nitrogens with one attached hydrogen (secondary N) is 1. The van der Waals surface area contributed by atoms with Crippen LogP contribution >= 0.6 is 15.9 Å². The first-order valence-electron chi connectivity index (χ1n) is 6.49. The summed E-state index contributed by atoms with van der Waals surface area (Å²) in [6, 6.07) is 5.27. The van der Waals surface area contributed by atoms with Gasteiger partial charge >= 0.3 is 0 Å². The van der Waals surface area contributed by atoms with Crippen LogP contribution in [0.4, 0.5) is 4.39 Å². The predicted octanol–water partition coefficient (Wildman–Crippen LogP) is 3.67. The zero-order valence-corrected chi connectivity index (χ0v) is 12.2. The van der Waals surface area contributed by atoms with Crippen LogP contribution in [0.5, 0.6) is 0 Å². The fourth-order valence-electron chi connectivity index (χ4n) is 2.36. The van der Waals surface area contributed by atoms with Crippen LogP contribution in [0.15, 0.2) is 22.7 Å². The second kappa shape index (κ2) is 6.64. The molecular formula is C14H19BrFNO. The average molecular weight is 316 g/mol. The maximum absolute atomic E-state index is 13.5. The molecule has 0 aromatic heterocycles. The Hall–Kier alpha value is -0.450. The third-order valence-electron chi connectivity index (χ3n) is 3.32. The minimum atomic E-state index is -0.219. The van der Waals surface area contributed by atoms with Gasteiger partial charge in [0.25, 0.3) is 0 Å². The number of hydrogen-bond donors (Lipinski definition) is 1. The van der Waals surface area contributed by atoms with E-state index in [4.69, 9.17) is 4.74 Å². The van der Waals surface area contributed by atoms with Crippen LogP contribution in [-0.4, -0.2) is 19.7 Å². The van der Waals surface area contributed by atoms with Crippen molar-refractivity contribution >= 4 is 15.9 Å². The van der Waals surface area contributed by atoms with E-state index in [1.807, 2.05) is 6.07 Å². The summed E-state index contributed by atoms with van der Waals surface area (Å²) in [6.45, 7) is 4.88. The maximum Gasteiger partial charge on any atom is 0.137 e. The standard InChI is InChI=1S/C14H19BrFNO/c1-2-6-17-9-11-5-7-18-14(11)10-3-4-12(15)13(16)8-10/h3-4,8,11,14,17H,2,5-7,9H2,1H3. The number of benzene rings is 1. The summed E-state index contributed by atoms with van der Waals surface area (Å²) in [5.41, 5.74) is 0.941. The lowest BCUT2D eigenvalue weighted by atomic mass is 9.95. The molecule has 1 N–H and O–H groups in total. The highest BCUT2D eigenvalue weighted by atomic mass is 79.9. The summed E-state index contributed by atoms with van der Waals surface area (Å²) < 4.78 is 19.8. The molecule has 18 heavy (non-hydrogen) atoms. The van der Waals surface area contributed by atoms with Gasteiger partial charge < -0.3 is 10.1 Å². The van der Waals surface area contributed by atoms with Gasteiger partial charge in [0.05, 0.1) is 10.6 Å². The number of halogens is 2. The summed E-state index contributed by atoms with van der Waals surface area (Å²) in [6.07, 6.45) is 2.20. The Morgan fingerprint density at radius 3 is 3.06 bits per heavy atom. The van der Waals surface area contributed by atoms with Crippen molar-refractivity contribution in [2.75, 3.05) is 19.7 Å². The molecule has 1 heterocycles. The van der Waals surface area contributed by atoms with E-state index in [2.05, 4.69) is 28.2 Å². The second-order valence-corrected chi connectivity index (χ2v) is 5.57. The van der Waals surface area contributed by atoms with Gasteiger partial charge in [0.2, 0.25) is 0 Å². The van der Waals surface area contributed by atoms with E-state index < -0.39 is 0 Å². The molecule has 0 bridgehead atoms. The highest BCUT2D eigenvalue weighted by Gasteiger charge is 2.29. The Morgan fingerprint density at radius 2 is 2.33 bits per heavy atom.